The van der Waals surface area contributed by atoms with Gasteiger partial charge < -0.3 is 20.2 Å². The second-order valence-electron chi connectivity index (χ2n) is 10.9. The van der Waals surface area contributed by atoms with Crippen LogP contribution in [0.1, 0.15) is 33.1 Å². The van der Waals surface area contributed by atoms with E-state index < -0.39 is 39.5 Å². The molecule has 0 spiro atoms. The number of anilines is 2. The van der Waals surface area contributed by atoms with Crippen molar-refractivity contribution in [2.75, 3.05) is 41.4 Å². The minimum atomic E-state index is -3.14. The SMILES string of the molecule is O=C(O)c1ccc(NC(=O)[C@@H]2c3cccc(N4CCS(=O)(=O)CC4)c3CCN2C(=O)/C=C/c2c(-n3cnnn3)ccc(Cl)c2F)cc1. The van der Waals surface area contributed by atoms with E-state index in [1.807, 2.05) is 11.0 Å². The Hall–Kier alpha value is -5.15. The fourth-order valence-corrected chi connectivity index (χ4v) is 7.13. The standard InChI is InChI=1S/C31H27ClFN7O6S/c32-24-9-10-26(40-18-34-36-37-40)23(28(24)33)8-11-27(41)39-13-12-21-22(2-1-3-25(21)38-14-16-47(45,46)17-15-38)29(39)30(42)35-20-6-4-19(5-7-20)31(43)44/h1-11,18,29H,12-17H2,(H,35,42)(H,43,44)/b11-8+/t29-/m0/s1. The van der Waals surface area contributed by atoms with Gasteiger partial charge in [-0.15, -0.1) is 5.10 Å². The number of aromatic carboxylic acids is 1. The summed E-state index contributed by atoms with van der Waals surface area (Å²) in [4.78, 5) is 42.5. The van der Waals surface area contributed by atoms with Crippen LogP contribution in [0.15, 0.2) is 67.0 Å². The maximum absolute atomic E-state index is 15.2. The number of carboxylic acid groups (broad SMARTS) is 1. The zero-order chi connectivity index (χ0) is 33.3. The van der Waals surface area contributed by atoms with Gasteiger partial charge in [0.1, 0.15) is 12.4 Å². The van der Waals surface area contributed by atoms with E-state index in [0.717, 1.165) is 17.3 Å². The summed E-state index contributed by atoms with van der Waals surface area (Å²) in [5.74, 6) is -3.04. The molecular formula is C31H27ClFN7O6S. The number of halogens is 2. The minimum Gasteiger partial charge on any atom is -0.478 e. The lowest BCUT2D eigenvalue weighted by molar-refractivity contribution is -0.135. The van der Waals surface area contributed by atoms with Crippen LogP contribution in [0.5, 0.6) is 0 Å². The van der Waals surface area contributed by atoms with Crippen molar-refractivity contribution in [1.82, 2.24) is 25.1 Å². The summed E-state index contributed by atoms with van der Waals surface area (Å²) >= 11 is 6.04. The van der Waals surface area contributed by atoms with Crippen LogP contribution in [0.4, 0.5) is 15.8 Å². The molecule has 16 heteroatoms. The second-order valence-corrected chi connectivity index (χ2v) is 13.6. The van der Waals surface area contributed by atoms with Crippen LogP contribution in [0.25, 0.3) is 11.8 Å². The second kappa shape index (κ2) is 12.9. The molecule has 0 aliphatic carbocycles. The molecule has 6 rings (SSSR count). The molecule has 0 saturated carbocycles. The van der Waals surface area contributed by atoms with Gasteiger partial charge in [0.15, 0.2) is 15.7 Å². The summed E-state index contributed by atoms with van der Waals surface area (Å²) in [5, 5.41) is 22.8. The van der Waals surface area contributed by atoms with Crippen LogP contribution < -0.4 is 10.2 Å². The van der Waals surface area contributed by atoms with Gasteiger partial charge in [0.2, 0.25) is 5.91 Å². The number of amides is 2. The van der Waals surface area contributed by atoms with Gasteiger partial charge in [-0.25, -0.2) is 17.6 Å². The van der Waals surface area contributed by atoms with E-state index in [0.29, 0.717) is 30.8 Å². The Kier molecular flexibility index (Phi) is 8.75. The van der Waals surface area contributed by atoms with E-state index in [2.05, 4.69) is 20.8 Å². The number of nitrogens with zero attached hydrogens (tertiary/aromatic N) is 6. The van der Waals surface area contributed by atoms with Crippen molar-refractivity contribution in [3.8, 4) is 5.69 Å². The maximum Gasteiger partial charge on any atom is 0.335 e. The molecule has 0 unspecified atom stereocenters. The van der Waals surface area contributed by atoms with Crippen molar-refractivity contribution in [1.29, 1.82) is 0 Å². The number of sulfone groups is 1. The first kappa shape index (κ1) is 31.8. The van der Waals surface area contributed by atoms with Gasteiger partial charge >= 0.3 is 5.97 Å². The van der Waals surface area contributed by atoms with Crippen molar-refractivity contribution >= 4 is 56.7 Å². The summed E-state index contributed by atoms with van der Waals surface area (Å²) in [6.45, 7) is 0.713. The number of hydrogen-bond donors (Lipinski definition) is 2. The number of fused-ring (bicyclic) bond motifs is 1. The molecule has 242 valence electrons. The van der Waals surface area contributed by atoms with Crippen LogP contribution in [-0.4, -0.2) is 87.6 Å². The fourth-order valence-electron chi connectivity index (χ4n) is 5.76. The van der Waals surface area contributed by atoms with Gasteiger partial charge in [-0.05, 0) is 76.5 Å². The number of rotatable bonds is 7. The average molecular weight is 680 g/mol. The Balaban J connectivity index is 1.36. The Morgan fingerprint density at radius 2 is 1.74 bits per heavy atom. The average Bonchev–Trinajstić information content (AvgIpc) is 3.59. The van der Waals surface area contributed by atoms with Crippen LogP contribution in [0, 0.1) is 5.82 Å². The van der Waals surface area contributed by atoms with Crippen molar-refractivity contribution in [2.45, 2.75) is 12.5 Å². The summed E-state index contributed by atoms with van der Waals surface area (Å²) in [6, 6.07) is 12.7. The third-order valence-corrected chi connectivity index (χ3v) is 10.0. The van der Waals surface area contributed by atoms with E-state index in [-0.39, 0.29) is 39.9 Å². The van der Waals surface area contributed by atoms with E-state index in [1.165, 1.54) is 58.4 Å². The number of tetrazole rings is 1. The summed E-state index contributed by atoms with van der Waals surface area (Å²) < 4.78 is 40.6. The molecule has 2 N–H and O–H groups in total. The van der Waals surface area contributed by atoms with Gasteiger partial charge in [0, 0.05) is 42.6 Å². The first-order chi connectivity index (χ1) is 22.5. The van der Waals surface area contributed by atoms with Gasteiger partial charge in [0.05, 0.1) is 27.8 Å². The highest BCUT2D eigenvalue weighted by Gasteiger charge is 2.37. The lowest BCUT2D eigenvalue weighted by Crippen LogP contribution is -2.46. The van der Waals surface area contributed by atoms with Crippen LogP contribution in [0.3, 0.4) is 0 Å². The van der Waals surface area contributed by atoms with Crippen molar-refractivity contribution < 1.29 is 32.3 Å². The number of carbonyl (C=O) groups excluding carboxylic acids is 2. The normalized spacial score (nSPS) is 17.4. The number of aromatic nitrogens is 4. The number of carboxylic acids is 1. The zero-order valence-electron chi connectivity index (χ0n) is 24.6. The summed E-state index contributed by atoms with van der Waals surface area (Å²) in [7, 11) is -3.14. The number of hydrogen-bond acceptors (Lipinski definition) is 9. The first-order valence-corrected chi connectivity index (χ1v) is 16.6. The molecule has 2 amide bonds. The highest BCUT2D eigenvalue weighted by Crippen LogP contribution is 2.37. The maximum atomic E-state index is 15.2. The van der Waals surface area contributed by atoms with E-state index in [9.17, 15) is 27.9 Å². The Morgan fingerprint density at radius 1 is 1.00 bits per heavy atom. The predicted octanol–water partition coefficient (Wildman–Crippen LogP) is 3.17. The monoisotopic (exact) mass is 679 g/mol. The molecule has 1 aromatic heterocycles. The van der Waals surface area contributed by atoms with Gasteiger partial charge in [-0.1, -0.05) is 23.7 Å². The molecule has 0 bridgehead atoms. The van der Waals surface area contributed by atoms with E-state index in [4.69, 9.17) is 11.6 Å². The third-order valence-electron chi connectivity index (χ3n) is 8.11. The predicted molar refractivity (Wildman–Crippen MR) is 171 cm³/mol. The molecule has 1 atom stereocenters. The van der Waals surface area contributed by atoms with Crippen LogP contribution in [0.2, 0.25) is 5.02 Å². The fraction of sp³-hybridized carbons (Fsp3) is 0.226. The minimum absolute atomic E-state index is 0.00896. The number of nitrogens with one attached hydrogen (secondary N) is 1. The Bertz CT molecular complexity index is 1990. The van der Waals surface area contributed by atoms with Gasteiger partial charge in [-0.3, -0.25) is 9.59 Å². The largest absolute Gasteiger partial charge is 0.478 e. The Morgan fingerprint density at radius 3 is 2.43 bits per heavy atom. The molecule has 1 fully saturated rings. The van der Waals surface area contributed by atoms with Crippen LogP contribution >= 0.6 is 11.6 Å². The van der Waals surface area contributed by atoms with Gasteiger partial charge in [0.25, 0.3) is 5.91 Å². The molecule has 3 heterocycles. The van der Waals surface area contributed by atoms with Crippen molar-refractivity contribution in [3.05, 3.63) is 100 Å². The molecule has 0 radical (unpaired) electrons. The summed E-state index contributed by atoms with van der Waals surface area (Å²) in [5.41, 5.74) is 2.69. The highest BCUT2D eigenvalue weighted by atomic mass is 35.5. The smallest absolute Gasteiger partial charge is 0.335 e. The Labute approximate surface area is 273 Å². The molecule has 1 saturated heterocycles. The van der Waals surface area contributed by atoms with E-state index in [1.54, 1.807) is 12.1 Å². The molecule has 13 nitrogen and oxygen atoms in total. The molecule has 47 heavy (non-hydrogen) atoms. The lowest BCUT2D eigenvalue weighted by Gasteiger charge is -2.39. The zero-order valence-corrected chi connectivity index (χ0v) is 26.2. The van der Waals surface area contributed by atoms with E-state index >= 15 is 4.39 Å². The molecule has 4 aromatic rings. The molecule has 3 aromatic carbocycles. The van der Waals surface area contributed by atoms with Crippen molar-refractivity contribution in [3.63, 3.8) is 0 Å². The number of benzene rings is 3. The lowest BCUT2D eigenvalue weighted by atomic mass is 9.89. The molecule has 2 aliphatic heterocycles. The first-order valence-electron chi connectivity index (χ1n) is 14.4. The van der Waals surface area contributed by atoms with Gasteiger partial charge in [-0.2, -0.15) is 4.68 Å². The molecular weight excluding hydrogens is 653 g/mol. The summed E-state index contributed by atoms with van der Waals surface area (Å²) in [6.07, 6.45) is 4.03. The topological polar surface area (TPSA) is 168 Å². The quantitative estimate of drug-likeness (QED) is 0.277. The van der Waals surface area contributed by atoms with Crippen molar-refractivity contribution in [2.24, 2.45) is 0 Å². The third kappa shape index (κ3) is 6.57. The highest BCUT2D eigenvalue weighted by molar-refractivity contribution is 7.91. The molecule has 2 aliphatic rings. The number of carbonyl (C=O) groups is 3. The van der Waals surface area contributed by atoms with Crippen LogP contribution in [-0.2, 0) is 25.8 Å².